The van der Waals surface area contributed by atoms with Crippen molar-refractivity contribution in [3.05, 3.63) is 12.4 Å². The Morgan fingerprint density at radius 1 is 1.21 bits per heavy atom. The molecule has 0 spiro atoms. The molecule has 0 aromatic carbocycles. The third-order valence-corrected chi connectivity index (χ3v) is 3.65. The van der Waals surface area contributed by atoms with Gasteiger partial charge < -0.3 is 14.5 Å². The van der Waals surface area contributed by atoms with Gasteiger partial charge in [0.05, 0.1) is 19.5 Å². The van der Waals surface area contributed by atoms with Crippen LogP contribution in [-0.4, -0.2) is 54.1 Å². The number of ether oxygens (including phenoxy) is 1. The zero-order chi connectivity index (χ0) is 13.2. The number of anilines is 1. The Morgan fingerprint density at radius 3 is 2.37 bits per heavy atom. The quantitative estimate of drug-likeness (QED) is 0.796. The molecular weight excluding hydrogens is 244 g/mol. The molecule has 0 radical (unpaired) electrons. The first-order valence-electron chi connectivity index (χ1n) is 6.67. The van der Waals surface area contributed by atoms with E-state index in [0.29, 0.717) is 23.5 Å². The summed E-state index contributed by atoms with van der Waals surface area (Å²) in [6.07, 6.45) is 5.48. The number of carbonyl (C=O) groups excluding carboxylic acids is 1. The van der Waals surface area contributed by atoms with Crippen LogP contribution in [0.1, 0.15) is 12.8 Å². The van der Waals surface area contributed by atoms with E-state index < -0.39 is 0 Å². The number of carbonyl (C=O) groups is 1. The summed E-state index contributed by atoms with van der Waals surface area (Å²) in [4.78, 5) is 24.6. The Labute approximate surface area is 112 Å². The minimum atomic E-state index is 0.309. The molecule has 1 saturated carbocycles. The molecule has 1 aromatic rings. The molecule has 1 aliphatic carbocycles. The second kappa shape index (κ2) is 5.03. The summed E-state index contributed by atoms with van der Waals surface area (Å²) in [6.45, 7) is 3.13. The second-order valence-electron chi connectivity index (χ2n) is 5.01. The number of aromatic nitrogens is 2. The molecule has 1 amide bonds. The van der Waals surface area contributed by atoms with Crippen molar-refractivity contribution in [1.82, 2.24) is 14.9 Å². The monoisotopic (exact) mass is 262 g/mol. The minimum absolute atomic E-state index is 0.309. The van der Waals surface area contributed by atoms with Crippen LogP contribution in [0.25, 0.3) is 0 Å². The first-order valence-corrected chi connectivity index (χ1v) is 6.67. The highest BCUT2D eigenvalue weighted by Crippen LogP contribution is 2.31. The van der Waals surface area contributed by atoms with Crippen LogP contribution in [0.5, 0.6) is 5.75 Å². The second-order valence-corrected chi connectivity index (χ2v) is 5.01. The average Bonchev–Trinajstić information content (AvgIpc) is 3.31. The molecule has 3 rings (SSSR count). The van der Waals surface area contributed by atoms with E-state index in [4.69, 9.17) is 4.74 Å². The summed E-state index contributed by atoms with van der Waals surface area (Å²) in [5.41, 5.74) is 0. The van der Waals surface area contributed by atoms with Crippen LogP contribution >= 0.6 is 0 Å². The van der Waals surface area contributed by atoms with Gasteiger partial charge in [0.1, 0.15) is 0 Å². The van der Waals surface area contributed by atoms with Gasteiger partial charge in [-0.3, -0.25) is 4.79 Å². The predicted octanol–water partition coefficient (Wildman–Crippen LogP) is 0.544. The molecule has 0 bridgehead atoms. The lowest BCUT2D eigenvalue weighted by molar-refractivity contribution is -0.132. The van der Waals surface area contributed by atoms with Crippen molar-refractivity contribution in [2.75, 3.05) is 38.2 Å². The van der Waals surface area contributed by atoms with Crippen LogP contribution in [0, 0.1) is 5.92 Å². The van der Waals surface area contributed by atoms with Gasteiger partial charge in [-0.15, -0.1) is 0 Å². The molecule has 102 valence electrons. The lowest BCUT2D eigenvalue weighted by Gasteiger charge is -2.34. The summed E-state index contributed by atoms with van der Waals surface area (Å²) >= 11 is 0. The Morgan fingerprint density at radius 2 is 1.84 bits per heavy atom. The molecule has 2 heterocycles. The van der Waals surface area contributed by atoms with Crippen LogP contribution in [-0.2, 0) is 4.79 Å². The molecule has 2 fully saturated rings. The smallest absolute Gasteiger partial charge is 0.225 e. The molecule has 2 aliphatic rings. The van der Waals surface area contributed by atoms with Gasteiger partial charge in [-0.05, 0) is 12.8 Å². The topological polar surface area (TPSA) is 58.6 Å². The number of hydrogen-bond acceptors (Lipinski definition) is 5. The van der Waals surface area contributed by atoms with E-state index in [2.05, 4.69) is 14.9 Å². The average molecular weight is 262 g/mol. The molecule has 0 unspecified atom stereocenters. The molecule has 6 nitrogen and oxygen atoms in total. The number of hydrogen-bond donors (Lipinski definition) is 0. The maximum Gasteiger partial charge on any atom is 0.225 e. The lowest BCUT2D eigenvalue weighted by atomic mass is 10.2. The van der Waals surface area contributed by atoms with E-state index in [9.17, 15) is 4.79 Å². The van der Waals surface area contributed by atoms with Gasteiger partial charge in [-0.1, -0.05) is 0 Å². The van der Waals surface area contributed by atoms with Crippen molar-refractivity contribution in [2.45, 2.75) is 12.8 Å². The summed E-state index contributed by atoms with van der Waals surface area (Å²) in [7, 11) is 1.60. The Bertz CT molecular complexity index is 450. The minimum Gasteiger partial charge on any atom is -0.494 e. The first-order chi connectivity index (χ1) is 9.28. The van der Waals surface area contributed by atoms with E-state index >= 15 is 0 Å². The molecule has 6 heteroatoms. The van der Waals surface area contributed by atoms with Crippen molar-refractivity contribution in [3.63, 3.8) is 0 Å². The maximum absolute atomic E-state index is 11.9. The standard InChI is InChI=1S/C13H18N4O2/c1-19-11-8-14-13(15-9-11)17-6-4-16(5-7-17)12(18)10-2-3-10/h8-10H,2-7H2,1H3. The highest BCUT2D eigenvalue weighted by molar-refractivity contribution is 5.81. The van der Waals surface area contributed by atoms with Crippen molar-refractivity contribution in [2.24, 2.45) is 5.92 Å². The van der Waals surface area contributed by atoms with Crippen molar-refractivity contribution >= 4 is 11.9 Å². The number of methoxy groups -OCH3 is 1. The Balaban J connectivity index is 1.58. The molecule has 1 aliphatic heterocycles. The maximum atomic E-state index is 11.9. The highest BCUT2D eigenvalue weighted by Gasteiger charge is 2.34. The van der Waals surface area contributed by atoms with E-state index in [0.717, 1.165) is 39.0 Å². The molecule has 1 saturated heterocycles. The van der Waals surface area contributed by atoms with E-state index in [-0.39, 0.29) is 0 Å². The van der Waals surface area contributed by atoms with Crippen molar-refractivity contribution < 1.29 is 9.53 Å². The third kappa shape index (κ3) is 2.62. The fraction of sp³-hybridized carbons (Fsp3) is 0.615. The fourth-order valence-electron chi connectivity index (χ4n) is 2.29. The molecular formula is C13H18N4O2. The molecule has 0 N–H and O–H groups in total. The normalized spacial score (nSPS) is 19.4. The van der Waals surface area contributed by atoms with Crippen LogP contribution in [0.4, 0.5) is 5.95 Å². The van der Waals surface area contributed by atoms with Gasteiger partial charge in [0.2, 0.25) is 11.9 Å². The number of nitrogens with zero attached hydrogens (tertiary/aromatic N) is 4. The van der Waals surface area contributed by atoms with Gasteiger partial charge in [-0.25, -0.2) is 9.97 Å². The number of piperazine rings is 1. The highest BCUT2D eigenvalue weighted by atomic mass is 16.5. The largest absolute Gasteiger partial charge is 0.494 e. The van der Waals surface area contributed by atoms with Crippen LogP contribution in [0.15, 0.2) is 12.4 Å². The Kier molecular flexibility index (Phi) is 3.23. The van der Waals surface area contributed by atoms with E-state index in [1.807, 2.05) is 4.90 Å². The summed E-state index contributed by atoms with van der Waals surface area (Å²) in [5, 5.41) is 0. The number of amides is 1. The van der Waals surface area contributed by atoms with E-state index in [1.54, 1.807) is 19.5 Å². The van der Waals surface area contributed by atoms with Crippen LogP contribution < -0.4 is 9.64 Å². The van der Waals surface area contributed by atoms with Crippen molar-refractivity contribution in [3.8, 4) is 5.75 Å². The predicted molar refractivity (Wildman–Crippen MR) is 70.1 cm³/mol. The SMILES string of the molecule is COc1cnc(N2CCN(C(=O)C3CC3)CC2)nc1. The summed E-state index contributed by atoms with van der Waals surface area (Å²) in [5.74, 6) is 2.00. The van der Waals surface area contributed by atoms with Gasteiger partial charge in [0.15, 0.2) is 5.75 Å². The first kappa shape index (κ1) is 12.2. The summed E-state index contributed by atoms with van der Waals surface area (Å²) in [6, 6.07) is 0. The van der Waals surface area contributed by atoms with Crippen LogP contribution in [0.2, 0.25) is 0 Å². The Hall–Kier alpha value is -1.85. The van der Waals surface area contributed by atoms with Gasteiger partial charge in [-0.2, -0.15) is 0 Å². The van der Waals surface area contributed by atoms with Crippen LogP contribution in [0.3, 0.4) is 0 Å². The van der Waals surface area contributed by atoms with Gasteiger partial charge >= 0.3 is 0 Å². The zero-order valence-corrected chi connectivity index (χ0v) is 11.1. The molecule has 1 aromatic heterocycles. The number of rotatable bonds is 3. The molecule has 0 atom stereocenters. The summed E-state index contributed by atoms with van der Waals surface area (Å²) < 4.78 is 5.04. The lowest BCUT2D eigenvalue weighted by Crippen LogP contribution is -2.49. The zero-order valence-electron chi connectivity index (χ0n) is 11.1. The van der Waals surface area contributed by atoms with Gasteiger partial charge in [0, 0.05) is 32.1 Å². The molecule has 19 heavy (non-hydrogen) atoms. The fourth-order valence-corrected chi connectivity index (χ4v) is 2.29. The van der Waals surface area contributed by atoms with Gasteiger partial charge in [0.25, 0.3) is 0 Å². The van der Waals surface area contributed by atoms with Crippen molar-refractivity contribution in [1.29, 1.82) is 0 Å². The van der Waals surface area contributed by atoms with E-state index in [1.165, 1.54) is 0 Å². The third-order valence-electron chi connectivity index (χ3n) is 3.65.